The SMILES string of the molecule is O=C(O)COc1ccc([N+](=O)[O-])cc1[N+](=O)[O-]. The van der Waals surface area contributed by atoms with E-state index in [2.05, 4.69) is 4.74 Å². The van der Waals surface area contributed by atoms with E-state index in [4.69, 9.17) is 5.11 Å². The van der Waals surface area contributed by atoms with Crippen LogP contribution in [-0.2, 0) is 4.79 Å². The molecule has 17 heavy (non-hydrogen) atoms. The molecule has 0 aromatic heterocycles. The van der Waals surface area contributed by atoms with E-state index in [-0.39, 0.29) is 5.75 Å². The maximum Gasteiger partial charge on any atom is 0.341 e. The second-order valence-corrected chi connectivity index (χ2v) is 2.85. The van der Waals surface area contributed by atoms with Crippen molar-refractivity contribution < 1.29 is 24.5 Å². The van der Waals surface area contributed by atoms with Gasteiger partial charge in [0, 0.05) is 6.07 Å². The maximum atomic E-state index is 10.6. The Hall–Kier alpha value is -2.71. The number of non-ortho nitro benzene ring substituents is 1. The van der Waals surface area contributed by atoms with Gasteiger partial charge in [-0.15, -0.1) is 0 Å². The molecule has 0 fully saturated rings. The van der Waals surface area contributed by atoms with E-state index < -0.39 is 33.8 Å². The summed E-state index contributed by atoms with van der Waals surface area (Å²) < 4.78 is 4.63. The van der Waals surface area contributed by atoms with Gasteiger partial charge in [-0.25, -0.2) is 4.79 Å². The second kappa shape index (κ2) is 4.88. The molecule has 0 amide bonds. The molecule has 1 N–H and O–H groups in total. The molecule has 0 atom stereocenters. The molecule has 0 aliphatic carbocycles. The standard InChI is InChI=1S/C8H6N2O7/c11-8(12)4-17-7-2-1-5(9(13)14)3-6(7)10(15)16/h1-3H,4H2,(H,11,12). The van der Waals surface area contributed by atoms with Gasteiger partial charge in [0.15, 0.2) is 12.4 Å². The van der Waals surface area contributed by atoms with E-state index in [9.17, 15) is 25.0 Å². The largest absolute Gasteiger partial charge is 0.479 e. The van der Waals surface area contributed by atoms with Crippen LogP contribution >= 0.6 is 0 Å². The number of ether oxygens (including phenoxy) is 1. The van der Waals surface area contributed by atoms with Crippen LogP contribution in [0.2, 0.25) is 0 Å². The van der Waals surface area contributed by atoms with Gasteiger partial charge in [0.1, 0.15) is 0 Å². The van der Waals surface area contributed by atoms with Gasteiger partial charge in [-0.1, -0.05) is 0 Å². The van der Waals surface area contributed by atoms with Crippen molar-refractivity contribution in [3.05, 3.63) is 38.4 Å². The molecule has 1 aromatic carbocycles. The fourth-order valence-corrected chi connectivity index (χ4v) is 1.02. The number of carboxylic acid groups (broad SMARTS) is 1. The third-order valence-electron chi connectivity index (χ3n) is 1.70. The summed E-state index contributed by atoms with van der Waals surface area (Å²) in [7, 11) is 0. The molecule has 0 aliphatic heterocycles. The van der Waals surface area contributed by atoms with E-state index in [1.54, 1.807) is 0 Å². The number of nitro groups is 2. The monoisotopic (exact) mass is 242 g/mol. The first-order chi connectivity index (χ1) is 7.91. The van der Waals surface area contributed by atoms with Crippen molar-refractivity contribution in [1.82, 2.24) is 0 Å². The smallest absolute Gasteiger partial charge is 0.341 e. The topological polar surface area (TPSA) is 133 Å². The predicted molar refractivity (Wildman–Crippen MR) is 52.9 cm³/mol. The normalized spacial score (nSPS) is 9.65. The van der Waals surface area contributed by atoms with Crippen molar-refractivity contribution in [3.63, 3.8) is 0 Å². The molecule has 0 saturated carbocycles. The van der Waals surface area contributed by atoms with Crippen molar-refractivity contribution in [2.24, 2.45) is 0 Å². The molecule has 0 spiro atoms. The number of hydrogen-bond donors (Lipinski definition) is 1. The van der Waals surface area contributed by atoms with E-state index in [1.807, 2.05) is 0 Å². The molecule has 0 unspecified atom stereocenters. The summed E-state index contributed by atoms with van der Waals surface area (Å²) in [6, 6.07) is 2.68. The number of carbonyl (C=O) groups is 1. The summed E-state index contributed by atoms with van der Waals surface area (Å²) in [5.74, 6) is -1.64. The fraction of sp³-hybridized carbons (Fsp3) is 0.125. The minimum atomic E-state index is -1.31. The highest BCUT2D eigenvalue weighted by Gasteiger charge is 2.21. The molecule has 0 radical (unpaired) electrons. The first-order valence-electron chi connectivity index (χ1n) is 4.19. The molecule has 9 heteroatoms. The van der Waals surface area contributed by atoms with Crippen LogP contribution in [0.15, 0.2) is 18.2 Å². The van der Waals surface area contributed by atoms with Crippen molar-refractivity contribution in [2.75, 3.05) is 6.61 Å². The lowest BCUT2D eigenvalue weighted by atomic mass is 10.2. The lowest BCUT2D eigenvalue weighted by Crippen LogP contribution is -2.10. The fourth-order valence-electron chi connectivity index (χ4n) is 1.02. The summed E-state index contributed by atoms with van der Waals surface area (Å²) in [6.07, 6.45) is 0. The zero-order valence-corrected chi connectivity index (χ0v) is 8.23. The molecular formula is C8H6N2O7. The molecule has 1 aromatic rings. The van der Waals surface area contributed by atoms with Gasteiger partial charge in [0.2, 0.25) is 0 Å². The van der Waals surface area contributed by atoms with Gasteiger partial charge >= 0.3 is 11.7 Å². The molecule has 9 nitrogen and oxygen atoms in total. The van der Waals surface area contributed by atoms with Gasteiger partial charge in [0.05, 0.1) is 15.9 Å². The van der Waals surface area contributed by atoms with Gasteiger partial charge in [0.25, 0.3) is 5.69 Å². The van der Waals surface area contributed by atoms with Crippen LogP contribution in [0.1, 0.15) is 0 Å². The summed E-state index contributed by atoms with van der Waals surface area (Å²) in [5.41, 5.74) is -1.13. The van der Waals surface area contributed by atoms with Crippen LogP contribution in [0.25, 0.3) is 0 Å². The Labute approximate surface area is 93.5 Å². The van der Waals surface area contributed by atoms with Crippen molar-refractivity contribution >= 4 is 17.3 Å². The molecule has 1 rings (SSSR count). The van der Waals surface area contributed by atoms with Gasteiger partial charge in [-0.3, -0.25) is 20.2 Å². The zero-order chi connectivity index (χ0) is 13.0. The number of hydrogen-bond acceptors (Lipinski definition) is 6. The average Bonchev–Trinajstić information content (AvgIpc) is 2.25. The number of carboxylic acids is 1. The number of nitrogens with zero attached hydrogens (tertiary/aromatic N) is 2. The second-order valence-electron chi connectivity index (χ2n) is 2.85. The van der Waals surface area contributed by atoms with Gasteiger partial charge in [-0.2, -0.15) is 0 Å². The lowest BCUT2D eigenvalue weighted by molar-refractivity contribution is -0.394. The Bertz CT molecular complexity index is 485. The third kappa shape index (κ3) is 3.12. The summed E-state index contributed by atoms with van der Waals surface area (Å²) in [4.78, 5) is 29.5. The molecule has 90 valence electrons. The van der Waals surface area contributed by atoms with Gasteiger partial charge in [-0.05, 0) is 6.07 Å². The minimum Gasteiger partial charge on any atom is -0.479 e. The molecule has 0 heterocycles. The van der Waals surface area contributed by atoms with E-state index >= 15 is 0 Å². The van der Waals surface area contributed by atoms with Crippen LogP contribution in [0.5, 0.6) is 5.75 Å². The molecule has 0 bridgehead atoms. The Morgan fingerprint density at radius 1 is 1.29 bits per heavy atom. The highest BCUT2D eigenvalue weighted by atomic mass is 16.6. The highest BCUT2D eigenvalue weighted by molar-refractivity contribution is 5.69. The summed E-state index contributed by atoms with van der Waals surface area (Å²) >= 11 is 0. The Balaban J connectivity index is 3.08. The van der Waals surface area contributed by atoms with Crippen LogP contribution in [-0.4, -0.2) is 27.5 Å². The Morgan fingerprint density at radius 2 is 1.94 bits per heavy atom. The van der Waals surface area contributed by atoms with E-state index in [0.29, 0.717) is 6.07 Å². The lowest BCUT2D eigenvalue weighted by Gasteiger charge is -2.03. The van der Waals surface area contributed by atoms with Crippen molar-refractivity contribution in [1.29, 1.82) is 0 Å². The third-order valence-corrected chi connectivity index (χ3v) is 1.70. The number of aliphatic carboxylic acids is 1. The van der Waals surface area contributed by atoms with E-state index in [0.717, 1.165) is 12.1 Å². The Kier molecular flexibility index (Phi) is 3.55. The number of nitro benzene ring substituents is 2. The highest BCUT2D eigenvalue weighted by Crippen LogP contribution is 2.30. The minimum absolute atomic E-state index is 0.331. The molecule has 0 aliphatic rings. The van der Waals surface area contributed by atoms with Crippen molar-refractivity contribution in [3.8, 4) is 5.75 Å². The first-order valence-corrected chi connectivity index (χ1v) is 4.19. The first kappa shape index (κ1) is 12.4. The number of rotatable bonds is 5. The van der Waals surface area contributed by atoms with Crippen LogP contribution in [0.3, 0.4) is 0 Å². The van der Waals surface area contributed by atoms with Gasteiger partial charge < -0.3 is 9.84 Å². The average molecular weight is 242 g/mol. The quantitative estimate of drug-likeness (QED) is 0.600. The van der Waals surface area contributed by atoms with Crippen molar-refractivity contribution in [2.45, 2.75) is 0 Å². The zero-order valence-electron chi connectivity index (χ0n) is 8.23. The van der Waals surface area contributed by atoms with Crippen LogP contribution in [0, 0.1) is 20.2 Å². The predicted octanol–water partition coefficient (Wildman–Crippen LogP) is 0.966. The van der Waals surface area contributed by atoms with Crippen LogP contribution in [0.4, 0.5) is 11.4 Å². The van der Waals surface area contributed by atoms with E-state index in [1.165, 1.54) is 0 Å². The summed E-state index contributed by atoms with van der Waals surface area (Å²) in [6.45, 7) is -0.765. The summed E-state index contributed by atoms with van der Waals surface area (Å²) in [5, 5.41) is 29.3. The van der Waals surface area contributed by atoms with Crippen LogP contribution < -0.4 is 4.74 Å². The molecular weight excluding hydrogens is 236 g/mol. The molecule has 0 saturated heterocycles. The Morgan fingerprint density at radius 3 is 2.41 bits per heavy atom. The maximum absolute atomic E-state index is 10.6. The number of benzene rings is 1.